The third-order valence-electron chi connectivity index (χ3n) is 23.7. The van der Waals surface area contributed by atoms with Crippen LogP contribution in [0.25, 0.3) is 0 Å². The molecule has 0 aromatic carbocycles. The number of ether oxygens (including phenoxy) is 2. The Morgan fingerprint density at radius 2 is 1.36 bits per heavy atom. The minimum atomic E-state index is -0.655. The van der Waals surface area contributed by atoms with Crippen molar-refractivity contribution in [2.45, 2.75) is 241 Å². The average molecular weight is 1170 g/mol. The molecule has 0 aromatic rings. The number of rotatable bonds is 13. The molecule has 1 unspecified atom stereocenters. The Morgan fingerprint density at radius 3 is 1.95 bits per heavy atom. The zero-order valence-electron chi connectivity index (χ0n) is 52.0. The van der Waals surface area contributed by atoms with Crippen molar-refractivity contribution in [1.82, 2.24) is 0 Å². The zero-order chi connectivity index (χ0) is 55.5. The monoisotopic (exact) mass is 1170 g/mol. The fourth-order valence-electron chi connectivity index (χ4n) is 18.5. The normalized spacial score (nSPS) is 42.7. The van der Waals surface area contributed by atoms with Gasteiger partial charge >= 0.3 is 178 Å². The molecule has 0 amide bonds. The number of fused-ring (bicyclic) bond motifs is 8. The van der Waals surface area contributed by atoms with E-state index in [0.717, 1.165) is 95.5 Å². The van der Waals surface area contributed by atoms with Crippen LogP contribution >= 0.6 is 0 Å². The Labute approximate surface area is 589 Å². The molecule has 9 nitrogen and oxygen atoms in total. The van der Waals surface area contributed by atoms with Gasteiger partial charge in [0.2, 0.25) is 0 Å². The van der Waals surface area contributed by atoms with Gasteiger partial charge in [0.15, 0.2) is 0 Å². The standard InChI is InChI=1S/C31H48O6.C30H46O3.5K.H/c1-19(2)20(3)9-10-22(35-18-32)25-21(33)17-29(8)28(25,7)13-11-23-27(6)14-12-24(34)26(4,5)31(27)16-15-30(23,29)36-37-31;1-20(2)9-8-10-24(33-19-31)23-14-18-29(6)22-11-12-25-27(3,4)26(32)15-16-28(25,5)21(22)13-17-30(23,29)7;;;;;;/h11,18-19,21-22,24-25,33-34H,3,9-10,12-17H2,1-2,4-8H3;9,11,13,19,23-26,32H,8,10,12,14-18H2,1-7H3;;;;;;/q;;;;;;+1;-1/t21-,22-,24+,25-,27-,28-,29-,30?,31-;23-,24-,25+,26+,28-,29+,30-;;;;;;/m11....../s1. The summed E-state index contributed by atoms with van der Waals surface area (Å²) < 4.78 is 11.5. The van der Waals surface area contributed by atoms with E-state index in [2.05, 4.69) is 128 Å². The summed E-state index contributed by atoms with van der Waals surface area (Å²) >= 11 is 5.00. The van der Waals surface area contributed by atoms with E-state index >= 15 is 0 Å². The van der Waals surface area contributed by atoms with Gasteiger partial charge in [-0.25, -0.2) is 9.78 Å². The third kappa shape index (κ3) is 11.8. The number of aliphatic hydroxyl groups is 3. The van der Waals surface area contributed by atoms with Gasteiger partial charge in [0.05, 0.1) is 18.3 Å². The van der Waals surface area contributed by atoms with Crippen LogP contribution in [0.3, 0.4) is 0 Å². The molecule has 75 heavy (non-hydrogen) atoms. The van der Waals surface area contributed by atoms with Crippen molar-refractivity contribution in [3.05, 3.63) is 58.7 Å². The first-order valence-corrected chi connectivity index (χ1v) is 61.6. The number of carbonyl (C=O) groups excluding carboxylic acids is 2. The van der Waals surface area contributed by atoms with Gasteiger partial charge < -0.3 is 26.2 Å². The van der Waals surface area contributed by atoms with E-state index in [1.807, 2.05) is 0 Å². The zero-order valence-corrected chi connectivity index (χ0v) is 66.6. The summed E-state index contributed by atoms with van der Waals surface area (Å²) in [5, 5.41) is 33.5. The first-order valence-electron chi connectivity index (χ1n) is 29.6. The van der Waals surface area contributed by atoms with Crippen LogP contribution in [0.1, 0.15) is 201 Å². The maximum atomic E-state index is 11.7. The second-order valence-electron chi connectivity index (χ2n) is 27.5. The van der Waals surface area contributed by atoms with Crippen molar-refractivity contribution >= 4 is 139 Å². The van der Waals surface area contributed by atoms with Gasteiger partial charge in [0, 0.05) is 28.1 Å². The van der Waals surface area contributed by atoms with E-state index in [9.17, 15) is 24.9 Å². The summed E-state index contributed by atoms with van der Waals surface area (Å²) in [5.41, 5.74) is 4.43. The van der Waals surface area contributed by atoms with Gasteiger partial charge in [0.1, 0.15) is 23.4 Å². The second kappa shape index (κ2) is 27.6. The molecule has 10 rings (SSSR count). The molecule has 14 heteroatoms. The summed E-state index contributed by atoms with van der Waals surface area (Å²) in [4.78, 5) is 36.2. The number of allylic oxidation sites excluding steroid dienone is 8. The molecule has 8 aliphatic carbocycles. The first kappa shape index (κ1) is 71.4. The van der Waals surface area contributed by atoms with Gasteiger partial charge in [0.25, 0.3) is 12.9 Å². The summed E-state index contributed by atoms with van der Waals surface area (Å²) in [5.74, 6) is 1.00. The summed E-state index contributed by atoms with van der Waals surface area (Å²) in [6, 6.07) is 0. The third-order valence-corrected chi connectivity index (χ3v) is 23.7. The molecule has 10 aliphatic rings. The fraction of sp³-hybridized carbons (Fsp3) is 0.803. The number of hydrogen-bond acceptors (Lipinski definition) is 9. The molecule has 398 valence electrons. The van der Waals surface area contributed by atoms with E-state index in [-0.39, 0.29) is 103 Å². The van der Waals surface area contributed by atoms with Crippen molar-refractivity contribution in [3.63, 3.8) is 0 Å². The van der Waals surface area contributed by atoms with Crippen molar-refractivity contribution in [1.29, 1.82) is 0 Å². The van der Waals surface area contributed by atoms with Gasteiger partial charge in [-0.15, -0.1) is 0 Å². The van der Waals surface area contributed by atoms with E-state index in [0.29, 0.717) is 43.5 Å². The predicted octanol–water partition coefficient (Wildman–Crippen LogP) is 8.42. The molecular formula is C61H95K5O9. The topological polar surface area (TPSA) is 132 Å². The van der Waals surface area contributed by atoms with Crippen LogP contribution in [0.15, 0.2) is 58.7 Å². The van der Waals surface area contributed by atoms with Crippen molar-refractivity contribution in [2.75, 3.05) is 0 Å². The van der Waals surface area contributed by atoms with Crippen LogP contribution in [-0.4, -0.2) is 196 Å². The van der Waals surface area contributed by atoms with Gasteiger partial charge in [-0.1, -0.05) is 125 Å². The summed E-state index contributed by atoms with van der Waals surface area (Å²) in [6.07, 6.45) is 22.2. The Morgan fingerprint density at radius 1 is 0.760 bits per heavy atom. The van der Waals surface area contributed by atoms with Crippen LogP contribution in [-0.2, 0) is 28.8 Å². The molecule has 3 N–H and O–H groups in total. The molecule has 2 heterocycles. The van der Waals surface area contributed by atoms with E-state index in [1.54, 1.807) is 11.1 Å². The van der Waals surface area contributed by atoms with Crippen molar-refractivity contribution in [3.8, 4) is 0 Å². The number of hydrogen-bond donors (Lipinski definition) is 3. The van der Waals surface area contributed by atoms with Crippen molar-refractivity contribution in [2.24, 2.45) is 67.0 Å². The number of aliphatic hydroxyl groups excluding tert-OH is 3. The van der Waals surface area contributed by atoms with Crippen LogP contribution < -0.4 is 51.4 Å². The Bertz CT molecular complexity index is 2200. The molecular weight excluding hydrogens is 1070 g/mol. The average Bonchev–Trinajstić information content (AvgIpc) is 3.76. The Balaban J connectivity index is 0.000000303. The second-order valence-corrected chi connectivity index (χ2v) is 27.5. The van der Waals surface area contributed by atoms with Crippen LogP contribution in [0.5, 0.6) is 0 Å². The fourth-order valence-corrected chi connectivity index (χ4v) is 18.5. The first-order chi connectivity index (χ1) is 34.6. The Kier molecular flexibility index (Phi) is 26.2. The summed E-state index contributed by atoms with van der Waals surface area (Å²) in [7, 11) is 0. The van der Waals surface area contributed by atoms with Crippen molar-refractivity contribution < 1.29 is 97.0 Å². The SMILES string of the molecule is C=C(CC[C@@H](OC=O)[C@H]1[C@H](O)C[C@@]2(C)C34CC[C@@]5(OO3)C(C)(C)[C@@H](O)CC[C@]5(C)C4=CC[C@]12C)C(C)C.CC(C)=CCC[C@@H](OC=O)[C@H]1CC[C@@]2(C)C3=CC[C@H]4C(C)(C)[C@@H](O)CC[C@]4(C)C3=CC[C@]12C.[H-].[K+].[K][K].[K][K]. The van der Waals surface area contributed by atoms with E-state index in [1.165, 1.54) is 137 Å². The molecule has 5 saturated carbocycles. The van der Waals surface area contributed by atoms with Crippen LogP contribution in [0.4, 0.5) is 0 Å². The predicted molar refractivity (Wildman–Crippen MR) is 300 cm³/mol. The van der Waals surface area contributed by atoms with Crippen LogP contribution in [0.2, 0.25) is 0 Å². The molecule has 0 radical (unpaired) electrons. The quantitative estimate of drug-likeness (QED) is 0.0721. The van der Waals surface area contributed by atoms with E-state index in [4.69, 9.17) is 19.2 Å². The van der Waals surface area contributed by atoms with E-state index < -0.39 is 40.3 Å². The number of carbonyl (C=O) groups is 2. The Hall–Kier alpha value is 5.62. The molecule has 2 saturated heterocycles. The minimum absolute atomic E-state index is 0. The van der Waals surface area contributed by atoms with Crippen LogP contribution in [0, 0.1) is 67.0 Å². The molecule has 16 atom stereocenters. The molecule has 2 bridgehead atoms. The maximum absolute atomic E-state index is 11.7. The molecule has 0 aromatic heterocycles. The molecule has 7 fully saturated rings. The molecule has 2 aliphatic heterocycles. The van der Waals surface area contributed by atoms with Gasteiger partial charge in [-0.2, -0.15) is 0 Å². The van der Waals surface area contributed by atoms with Gasteiger partial charge in [-0.05, 0) is 172 Å². The molecule has 2 spiro atoms. The van der Waals surface area contributed by atoms with Gasteiger partial charge in [-0.3, -0.25) is 9.59 Å². The summed E-state index contributed by atoms with van der Waals surface area (Å²) in [6.45, 7) is 37.0.